The molecule has 1 aliphatic carbocycles. The van der Waals surface area contributed by atoms with Crippen molar-refractivity contribution in [2.75, 3.05) is 30.4 Å². The lowest BCUT2D eigenvalue weighted by Gasteiger charge is -2.48. The second-order valence-electron chi connectivity index (χ2n) is 14.3. The number of anilines is 3. The van der Waals surface area contributed by atoms with Gasteiger partial charge in [0.15, 0.2) is 5.82 Å². The summed E-state index contributed by atoms with van der Waals surface area (Å²) in [5, 5.41) is 6.28. The Balaban J connectivity index is 1.27. The van der Waals surface area contributed by atoms with E-state index in [0.29, 0.717) is 17.4 Å². The highest BCUT2D eigenvalue weighted by Crippen LogP contribution is 2.48. The molecule has 4 aromatic rings. The minimum atomic E-state index is -0.572. The number of hydrogen-bond donors (Lipinski definition) is 2. The summed E-state index contributed by atoms with van der Waals surface area (Å²) >= 11 is 0. The largest absolute Gasteiger partial charge is 0.355 e. The first kappa shape index (κ1) is 31.4. The average Bonchev–Trinajstić information content (AvgIpc) is 3.58. The van der Waals surface area contributed by atoms with Crippen molar-refractivity contribution >= 4 is 40.0 Å². The molecule has 2 aromatic heterocycles. The minimum Gasteiger partial charge on any atom is -0.355 e. The first-order chi connectivity index (χ1) is 22.6. The Kier molecular flexibility index (Phi) is 8.07. The Morgan fingerprint density at radius 2 is 1.81 bits per heavy atom. The van der Waals surface area contributed by atoms with Gasteiger partial charge in [0, 0.05) is 47.7 Å². The molecule has 7 rings (SSSR count). The van der Waals surface area contributed by atoms with Crippen LogP contribution in [-0.4, -0.2) is 63.5 Å². The minimum absolute atomic E-state index is 0.128. The predicted octanol–water partition coefficient (Wildman–Crippen LogP) is 7.12. The third-order valence-electron chi connectivity index (χ3n) is 10.9. The van der Waals surface area contributed by atoms with E-state index in [-0.39, 0.29) is 23.9 Å². The van der Waals surface area contributed by atoms with Gasteiger partial charge in [0.25, 0.3) is 5.91 Å². The molecular formula is C38H47N7O2. The number of likely N-dealkylation sites (tertiary alicyclic amines) is 1. The van der Waals surface area contributed by atoms with Crippen LogP contribution in [0.25, 0.3) is 22.3 Å². The quantitative estimate of drug-likeness (QED) is 0.215. The van der Waals surface area contributed by atoms with E-state index in [2.05, 4.69) is 70.9 Å². The van der Waals surface area contributed by atoms with Gasteiger partial charge in [-0.05, 0) is 108 Å². The molecule has 4 heterocycles. The van der Waals surface area contributed by atoms with E-state index in [1.54, 1.807) is 7.05 Å². The van der Waals surface area contributed by atoms with Gasteiger partial charge in [0.1, 0.15) is 5.52 Å². The highest BCUT2D eigenvalue weighted by atomic mass is 16.2. The molecule has 2 N–H and O–H groups in total. The van der Waals surface area contributed by atoms with Gasteiger partial charge in [-0.3, -0.25) is 9.59 Å². The lowest BCUT2D eigenvalue weighted by atomic mass is 9.82. The average molecular weight is 634 g/mol. The Bertz CT molecular complexity index is 1850. The number of nitrogens with one attached hydrogen (secondary N) is 2. The van der Waals surface area contributed by atoms with Crippen molar-refractivity contribution in [1.82, 2.24) is 24.8 Å². The summed E-state index contributed by atoms with van der Waals surface area (Å²) < 4.78 is 2.17. The number of hydrogen-bond acceptors (Lipinski definition) is 6. The topological polar surface area (TPSA) is 95.4 Å². The van der Waals surface area contributed by atoms with Gasteiger partial charge in [-0.25, -0.2) is 9.97 Å². The fourth-order valence-electron chi connectivity index (χ4n) is 7.70. The lowest BCUT2D eigenvalue weighted by molar-refractivity contribution is -0.123. The zero-order chi connectivity index (χ0) is 33.0. The highest BCUT2D eigenvalue weighted by Gasteiger charge is 2.50. The summed E-state index contributed by atoms with van der Waals surface area (Å²) in [7, 11) is 1.64. The molecule has 9 nitrogen and oxygen atoms in total. The number of fused-ring (bicyclic) bond motifs is 2. The molecule has 2 amide bonds. The number of carbonyl (C=O) groups excluding carboxylic acids is 2. The highest BCUT2D eigenvalue weighted by molar-refractivity contribution is 6.09. The summed E-state index contributed by atoms with van der Waals surface area (Å²) in [6, 6.07) is 15.2. The fraction of sp³-hybridized carbons (Fsp3) is 0.474. The van der Waals surface area contributed by atoms with E-state index in [1.165, 1.54) is 32.4 Å². The zero-order valence-electron chi connectivity index (χ0n) is 28.6. The number of amides is 2. The van der Waals surface area contributed by atoms with Crippen molar-refractivity contribution in [3.63, 3.8) is 0 Å². The molecule has 0 spiro atoms. The van der Waals surface area contributed by atoms with E-state index in [9.17, 15) is 9.59 Å². The fourth-order valence-corrected chi connectivity index (χ4v) is 7.70. The molecule has 1 saturated heterocycles. The molecule has 2 aromatic carbocycles. The van der Waals surface area contributed by atoms with Gasteiger partial charge < -0.3 is 25.0 Å². The lowest BCUT2D eigenvalue weighted by Crippen LogP contribution is -2.57. The van der Waals surface area contributed by atoms with E-state index in [0.717, 1.165) is 64.1 Å². The number of aromatic nitrogens is 3. The van der Waals surface area contributed by atoms with Crippen molar-refractivity contribution in [2.45, 2.75) is 96.7 Å². The number of aryl methyl sites for hydroxylation is 1. The first-order valence-corrected chi connectivity index (χ1v) is 17.3. The maximum absolute atomic E-state index is 13.9. The summed E-state index contributed by atoms with van der Waals surface area (Å²) in [5.74, 6) is 0.742. The van der Waals surface area contributed by atoms with E-state index >= 15 is 0 Å². The molecule has 2 aliphatic heterocycles. The zero-order valence-corrected chi connectivity index (χ0v) is 28.6. The van der Waals surface area contributed by atoms with Crippen LogP contribution in [0.4, 0.5) is 17.2 Å². The van der Waals surface area contributed by atoms with Gasteiger partial charge in [-0.15, -0.1) is 0 Å². The van der Waals surface area contributed by atoms with Crippen LogP contribution in [0.5, 0.6) is 0 Å². The first-order valence-electron chi connectivity index (χ1n) is 17.3. The molecule has 47 heavy (non-hydrogen) atoms. The molecule has 0 bridgehead atoms. The number of benzene rings is 2. The molecular weight excluding hydrogens is 586 g/mol. The number of pyridine rings is 1. The third-order valence-corrected chi connectivity index (χ3v) is 10.9. The van der Waals surface area contributed by atoms with Crippen LogP contribution >= 0.6 is 0 Å². The Hall–Kier alpha value is -4.24. The summed E-state index contributed by atoms with van der Waals surface area (Å²) in [4.78, 5) is 41.3. The summed E-state index contributed by atoms with van der Waals surface area (Å²) in [6.45, 7) is 12.8. The smallest absolute Gasteiger partial charge is 0.251 e. The van der Waals surface area contributed by atoms with Gasteiger partial charge in [-0.1, -0.05) is 31.5 Å². The van der Waals surface area contributed by atoms with Gasteiger partial charge in [0.05, 0.1) is 23.0 Å². The van der Waals surface area contributed by atoms with E-state index < -0.39 is 5.41 Å². The molecule has 3 aliphatic rings. The Labute approximate surface area is 277 Å². The molecule has 246 valence electrons. The molecule has 9 heteroatoms. The second-order valence-corrected chi connectivity index (χ2v) is 14.3. The summed E-state index contributed by atoms with van der Waals surface area (Å²) in [5.41, 5.74) is 7.30. The SMILES string of the molecule is CC[C@H](C)n1cnc2cc(-c3ccc4c(c3)N([C@H]3C[C@@H](N5CCCCC5)C3)C(=O)C4(C)C)nc(Nc3ccc(C)c(C(=O)NC)c3)c21. The second kappa shape index (κ2) is 12.1. The Morgan fingerprint density at radius 3 is 2.53 bits per heavy atom. The standard InChI is InChI=1S/C38H47N7O2/c1-7-24(3)44-22-40-32-21-31(42-35(34(32)44)41-26-13-11-23(2)29(18-26)36(46)39-6)25-12-14-30-33(17-25)45(37(47)38(30,4)5)28-19-27(20-28)43-15-9-8-10-16-43/h11-14,17-18,21-22,24,27-28H,7-10,15-16,19-20H2,1-6H3,(H,39,46)(H,41,42)/t24-,27-,28+/m0/s1. The van der Waals surface area contributed by atoms with Gasteiger partial charge in [0.2, 0.25) is 5.91 Å². The van der Waals surface area contributed by atoms with Crippen LogP contribution in [0.2, 0.25) is 0 Å². The normalized spacial score (nSPS) is 21.4. The number of rotatable bonds is 8. The van der Waals surface area contributed by atoms with E-state index in [4.69, 9.17) is 9.97 Å². The van der Waals surface area contributed by atoms with Crippen LogP contribution in [0, 0.1) is 6.92 Å². The maximum Gasteiger partial charge on any atom is 0.251 e. The van der Waals surface area contributed by atoms with Crippen LogP contribution in [0.1, 0.15) is 93.7 Å². The number of nitrogens with zero attached hydrogens (tertiary/aromatic N) is 5. The van der Waals surface area contributed by atoms with Crippen molar-refractivity contribution in [3.8, 4) is 11.3 Å². The predicted molar refractivity (Wildman–Crippen MR) is 189 cm³/mol. The number of carbonyl (C=O) groups is 2. The van der Waals surface area contributed by atoms with Crippen LogP contribution in [-0.2, 0) is 10.2 Å². The van der Waals surface area contributed by atoms with E-state index in [1.807, 2.05) is 37.5 Å². The molecule has 1 saturated carbocycles. The maximum atomic E-state index is 13.9. The van der Waals surface area contributed by atoms with Crippen molar-refractivity contribution in [1.29, 1.82) is 0 Å². The van der Waals surface area contributed by atoms with Gasteiger partial charge >= 0.3 is 0 Å². The molecule has 1 atom stereocenters. The van der Waals surface area contributed by atoms with Crippen molar-refractivity contribution in [2.24, 2.45) is 0 Å². The Morgan fingerprint density at radius 1 is 1.04 bits per heavy atom. The van der Waals surface area contributed by atoms with Gasteiger partial charge in [-0.2, -0.15) is 0 Å². The van der Waals surface area contributed by atoms with Crippen LogP contribution < -0.4 is 15.5 Å². The third kappa shape index (κ3) is 5.38. The van der Waals surface area contributed by atoms with Crippen LogP contribution in [0.15, 0.2) is 48.8 Å². The molecule has 2 fully saturated rings. The van der Waals surface area contributed by atoms with Crippen LogP contribution in [0.3, 0.4) is 0 Å². The molecule has 0 radical (unpaired) electrons. The number of piperidine rings is 1. The number of imidazole rings is 1. The van der Waals surface area contributed by atoms with Crippen molar-refractivity contribution in [3.05, 3.63) is 65.5 Å². The van der Waals surface area contributed by atoms with Crippen molar-refractivity contribution < 1.29 is 9.59 Å². The molecule has 0 unspecified atom stereocenters. The monoisotopic (exact) mass is 633 g/mol. The summed E-state index contributed by atoms with van der Waals surface area (Å²) in [6.07, 6.45) is 8.80.